The Kier molecular flexibility index (Phi) is 3.37. The molecule has 2 nitrogen and oxygen atoms in total. The summed E-state index contributed by atoms with van der Waals surface area (Å²) in [6.45, 7) is 4.58. The molecule has 0 aromatic heterocycles. The maximum Gasteiger partial charge on any atom is 0.157 e. The SMILES string of the molecule is CC1CCSC(=NC2CCCC2C)N1. The molecule has 1 N–H and O–H groups in total. The van der Waals surface area contributed by atoms with Gasteiger partial charge in [-0.05, 0) is 32.1 Å². The smallest absolute Gasteiger partial charge is 0.157 e. The maximum absolute atomic E-state index is 4.83. The van der Waals surface area contributed by atoms with E-state index in [-0.39, 0.29) is 0 Å². The van der Waals surface area contributed by atoms with Crippen LogP contribution < -0.4 is 5.32 Å². The number of nitrogens with zero attached hydrogens (tertiary/aromatic N) is 1. The zero-order valence-corrected chi connectivity index (χ0v) is 9.94. The molecule has 1 aliphatic heterocycles. The molecule has 80 valence electrons. The van der Waals surface area contributed by atoms with E-state index in [0.717, 1.165) is 5.92 Å². The third-order valence-corrected chi connectivity index (χ3v) is 4.20. The lowest BCUT2D eigenvalue weighted by Gasteiger charge is -2.23. The van der Waals surface area contributed by atoms with Crippen molar-refractivity contribution in [2.75, 3.05) is 5.75 Å². The first-order chi connectivity index (χ1) is 6.75. The van der Waals surface area contributed by atoms with Crippen molar-refractivity contribution in [2.45, 2.75) is 51.6 Å². The lowest BCUT2D eigenvalue weighted by molar-refractivity contribution is 0.526. The van der Waals surface area contributed by atoms with Gasteiger partial charge >= 0.3 is 0 Å². The molecular weight excluding hydrogens is 192 g/mol. The molecular formula is C11H20N2S. The largest absolute Gasteiger partial charge is 0.362 e. The Morgan fingerprint density at radius 1 is 1.29 bits per heavy atom. The highest BCUT2D eigenvalue weighted by Gasteiger charge is 2.24. The second kappa shape index (κ2) is 4.56. The Hall–Kier alpha value is -0.180. The second-order valence-electron chi connectivity index (χ2n) is 4.59. The predicted octanol–water partition coefficient (Wildman–Crippen LogP) is 2.65. The summed E-state index contributed by atoms with van der Waals surface area (Å²) in [5.74, 6) is 2.02. The van der Waals surface area contributed by atoms with Gasteiger partial charge in [-0.2, -0.15) is 0 Å². The molecule has 1 saturated carbocycles. The summed E-state index contributed by atoms with van der Waals surface area (Å²) in [5, 5.41) is 4.67. The molecule has 1 aliphatic carbocycles. The number of amidine groups is 1. The number of rotatable bonds is 1. The van der Waals surface area contributed by atoms with E-state index in [1.165, 1.54) is 36.6 Å². The first kappa shape index (κ1) is 10.3. The monoisotopic (exact) mass is 212 g/mol. The lowest BCUT2D eigenvalue weighted by Crippen LogP contribution is -2.36. The summed E-state index contributed by atoms with van der Waals surface area (Å²) in [4.78, 5) is 4.83. The zero-order valence-electron chi connectivity index (χ0n) is 9.12. The van der Waals surface area contributed by atoms with E-state index in [9.17, 15) is 0 Å². The van der Waals surface area contributed by atoms with Gasteiger partial charge in [0.25, 0.3) is 0 Å². The lowest BCUT2D eigenvalue weighted by atomic mass is 10.1. The quantitative estimate of drug-likeness (QED) is 0.722. The van der Waals surface area contributed by atoms with E-state index in [4.69, 9.17) is 4.99 Å². The van der Waals surface area contributed by atoms with Gasteiger partial charge in [0.2, 0.25) is 0 Å². The Bertz CT molecular complexity index is 227. The van der Waals surface area contributed by atoms with E-state index in [1.807, 2.05) is 11.8 Å². The molecule has 0 radical (unpaired) electrons. The molecule has 0 spiro atoms. The van der Waals surface area contributed by atoms with Crippen molar-refractivity contribution < 1.29 is 0 Å². The third-order valence-electron chi connectivity index (χ3n) is 3.26. The molecule has 2 rings (SSSR count). The number of hydrogen-bond donors (Lipinski definition) is 1. The predicted molar refractivity (Wildman–Crippen MR) is 63.9 cm³/mol. The molecule has 3 atom stereocenters. The molecule has 3 heteroatoms. The summed E-state index contributed by atoms with van der Waals surface area (Å²) in [6.07, 6.45) is 5.29. The van der Waals surface area contributed by atoms with Crippen LogP contribution in [0.5, 0.6) is 0 Å². The minimum atomic E-state index is 0.593. The zero-order chi connectivity index (χ0) is 9.97. The van der Waals surface area contributed by atoms with Crippen LogP contribution in [0.15, 0.2) is 4.99 Å². The molecule has 3 unspecified atom stereocenters. The molecule has 1 saturated heterocycles. The molecule has 0 bridgehead atoms. The van der Waals surface area contributed by atoms with Gasteiger partial charge in [0.15, 0.2) is 5.17 Å². The average molecular weight is 212 g/mol. The van der Waals surface area contributed by atoms with Crippen LogP contribution in [0.1, 0.15) is 39.5 Å². The van der Waals surface area contributed by atoms with E-state index < -0.39 is 0 Å². The Morgan fingerprint density at radius 2 is 2.14 bits per heavy atom. The van der Waals surface area contributed by atoms with E-state index >= 15 is 0 Å². The van der Waals surface area contributed by atoms with Crippen LogP contribution in [0.25, 0.3) is 0 Å². The van der Waals surface area contributed by atoms with Crippen LogP contribution >= 0.6 is 11.8 Å². The Balaban J connectivity index is 1.95. The van der Waals surface area contributed by atoms with Crippen molar-refractivity contribution in [2.24, 2.45) is 10.9 Å². The number of nitrogens with one attached hydrogen (secondary N) is 1. The molecule has 2 fully saturated rings. The van der Waals surface area contributed by atoms with Crippen LogP contribution in [0, 0.1) is 5.92 Å². The molecule has 0 amide bonds. The minimum Gasteiger partial charge on any atom is -0.362 e. The topological polar surface area (TPSA) is 24.4 Å². The summed E-state index contributed by atoms with van der Waals surface area (Å²) < 4.78 is 0. The first-order valence-electron chi connectivity index (χ1n) is 5.73. The first-order valence-corrected chi connectivity index (χ1v) is 6.71. The highest BCUT2D eigenvalue weighted by atomic mass is 32.2. The van der Waals surface area contributed by atoms with Crippen molar-refractivity contribution in [3.05, 3.63) is 0 Å². The van der Waals surface area contributed by atoms with Crippen molar-refractivity contribution in [1.29, 1.82) is 0 Å². The van der Waals surface area contributed by atoms with Crippen molar-refractivity contribution in [1.82, 2.24) is 5.32 Å². The average Bonchev–Trinajstić information content (AvgIpc) is 2.52. The Morgan fingerprint density at radius 3 is 2.79 bits per heavy atom. The fraction of sp³-hybridized carbons (Fsp3) is 0.909. The van der Waals surface area contributed by atoms with Crippen molar-refractivity contribution in [3.63, 3.8) is 0 Å². The Labute approximate surface area is 90.9 Å². The third kappa shape index (κ3) is 2.44. The fourth-order valence-electron chi connectivity index (χ4n) is 2.20. The van der Waals surface area contributed by atoms with E-state index in [2.05, 4.69) is 19.2 Å². The highest BCUT2D eigenvalue weighted by Crippen LogP contribution is 2.28. The number of thioether (sulfide) groups is 1. The number of aliphatic imine (C=N–C) groups is 1. The normalized spacial score (nSPS) is 41.3. The second-order valence-corrected chi connectivity index (χ2v) is 5.68. The fourth-order valence-corrected chi connectivity index (χ4v) is 3.36. The van der Waals surface area contributed by atoms with Crippen LogP contribution in [0.2, 0.25) is 0 Å². The molecule has 14 heavy (non-hydrogen) atoms. The molecule has 1 heterocycles. The van der Waals surface area contributed by atoms with Crippen LogP contribution in [0.4, 0.5) is 0 Å². The summed E-state index contributed by atoms with van der Waals surface area (Å²) in [6, 6.07) is 1.21. The minimum absolute atomic E-state index is 0.593. The standard InChI is InChI=1S/C11H20N2S/c1-8-4-3-5-10(8)13-11-12-9(2)6-7-14-11/h8-10H,3-7H2,1-2H3,(H,12,13). The molecule has 0 aromatic rings. The van der Waals surface area contributed by atoms with Crippen molar-refractivity contribution >= 4 is 16.9 Å². The van der Waals surface area contributed by atoms with Crippen LogP contribution in [-0.4, -0.2) is 23.0 Å². The van der Waals surface area contributed by atoms with Gasteiger partial charge in [0.1, 0.15) is 0 Å². The van der Waals surface area contributed by atoms with Gasteiger partial charge in [0.05, 0.1) is 6.04 Å². The summed E-state index contributed by atoms with van der Waals surface area (Å²) >= 11 is 1.89. The van der Waals surface area contributed by atoms with Gasteiger partial charge < -0.3 is 5.32 Å². The van der Waals surface area contributed by atoms with Gasteiger partial charge in [0, 0.05) is 11.8 Å². The van der Waals surface area contributed by atoms with Crippen LogP contribution in [-0.2, 0) is 0 Å². The van der Waals surface area contributed by atoms with E-state index in [0.29, 0.717) is 12.1 Å². The molecule has 2 aliphatic rings. The summed E-state index contributed by atoms with van der Waals surface area (Å²) in [7, 11) is 0. The van der Waals surface area contributed by atoms with Gasteiger partial charge in [-0.15, -0.1) is 0 Å². The van der Waals surface area contributed by atoms with Gasteiger partial charge in [-0.3, -0.25) is 4.99 Å². The number of hydrogen-bond acceptors (Lipinski definition) is 2. The summed E-state index contributed by atoms with van der Waals surface area (Å²) in [5.41, 5.74) is 0. The molecule has 0 aromatic carbocycles. The van der Waals surface area contributed by atoms with Crippen LogP contribution in [0.3, 0.4) is 0 Å². The van der Waals surface area contributed by atoms with E-state index in [1.54, 1.807) is 0 Å². The highest BCUT2D eigenvalue weighted by molar-refractivity contribution is 8.13. The van der Waals surface area contributed by atoms with Gasteiger partial charge in [-0.25, -0.2) is 0 Å². The van der Waals surface area contributed by atoms with Gasteiger partial charge in [-0.1, -0.05) is 25.1 Å². The van der Waals surface area contributed by atoms with Crippen molar-refractivity contribution in [3.8, 4) is 0 Å². The maximum atomic E-state index is 4.83.